The molecule has 2 N–H and O–H groups in total. The van der Waals surface area contributed by atoms with Gasteiger partial charge >= 0.3 is 12.2 Å². The second kappa shape index (κ2) is 9.75. The topological polar surface area (TPSA) is 50.4 Å². The van der Waals surface area contributed by atoms with Crippen LogP contribution in [0.2, 0.25) is 0 Å². The Morgan fingerprint density at radius 2 is 1.81 bits per heavy atom. The van der Waals surface area contributed by atoms with Crippen molar-refractivity contribution < 1.29 is 22.7 Å². The summed E-state index contributed by atoms with van der Waals surface area (Å²) in [5.41, 5.74) is 1.49. The molecular formula is C19H23F3N2O2S. The zero-order chi connectivity index (χ0) is 19.9. The maximum Gasteiger partial charge on any atom is 0.411 e. The summed E-state index contributed by atoms with van der Waals surface area (Å²) in [6.45, 7) is 3.04. The number of alkyl halides is 3. The molecule has 0 spiro atoms. The first-order valence-electron chi connectivity index (χ1n) is 8.54. The Balaban J connectivity index is 1.79. The molecule has 0 radical (unpaired) electrons. The smallest absolute Gasteiger partial charge is 0.367 e. The maximum absolute atomic E-state index is 12.2. The Morgan fingerprint density at radius 3 is 2.37 bits per heavy atom. The Morgan fingerprint density at radius 1 is 1.15 bits per heavy atom. The molecular weight excluding hydrogens is 377 g/mol. The normalized spacial score (nSPS) is 12.8. The van der Waals surface area contributed by atoms with E-state index in [1.807, 2.05) is 31.4 Å². The zero-order valence-electron chi connectivity index (χ0n) is 15.2. The number of rotatable bonds is 8. The van der Waals surface area contributed by atoms with Crippen LogP contribution < -0.4 is 10.6 Å². The highest BCUT2D eigenvalue weighted by molar-refractivity contribution is 7.10. The third-order valence-corrected chi connectivity index (χ3v) is 4.77. The predicted molar refractivity (Wildman–Crippen MR) is 99.4 cm³/mol. The average Bonchev–Trinajstić information content (AvgIpc) is 3.12. The minimum atomic E-state index is -4.33. The SMILES string of the molecule is CC(C)C(NC(=O)NCc1ccc(COCC(F)(F)F)cc1)c1cccs1. The molecule has 0 aliphatic heterocycles. The molecule has 1 aromatic carbocycles. The maximum atomic E-state index is 12.2. The molecule has 27 heavy (non-hydrogen) atoms. The zero-order valence-corrected chi connectivity index (χ0v) is 16.0. The second-order valence-corrected chi connectivity index (χ2v) is 7.47. The molecule has 1 aromatic heterocycles. The Labute approximate surface area is 160 Å². The lowest BCUT2D eigenvalue weighted by Crippen LogP contribution is -2.39. The summed E-state index contributed by atoms with van der Waals surface area (Å²) in [5, 5.41) is 7.76. The average molecular weight is 400 g/mol. The Kier molecular flexibility index (Phi) is 7.67. The van der Waals surface area contributed by atoms with E-state index in [0.717, 1.165) is 10.4 Å². The van der Waals surface area contributed by atoms with Crippen molar-refractivity contribution in [3.05, 3.63) is 57.8 Å². The first kappa shape index (κ1) is 21.2. The van der Waals surface area contributed by atoms with E-state index in [1.165, 1.54) is 0 Å². The van der Waals surface area contributed by atoms with E-state index in [1.54, 1.807) is 35.6 Å². The number of ether oxygens (including phenoxy) is 1. The lowest BCUT2D eigenvalue weighted by Gasteiger charge is -2.21. The molecule has 2 rings (SSSR count). The molecule has 1 heterocycles. The van der Waals surface area contributed by atoms with Crippen molar-refractivity contribution in [1.82, 2.24) is 10.6 Å². The van der Waals surface area contributed by atoms with Crippen LogP contribution in [0.1, 0.15) is 35.9 Å². The van der Waals surface area contributed by atoms with Crippen molar-refractivity contribution in [2.45, 2.75) is 39.2 Å². The lowest BCUT2D eigenvalue weighted by atomic mass is 10.0. The fourth-order valence-corrected chi connectivity index (χ4v) is 3.40. The number of nitrogens with one attached hydrogen (secondary N) is 2. The molecule has 2 amide bonds. The molecule has 148 valence electrons. The summed E-state index contributed by atoms with van der Waals surface area (Å²) in [4.78, 5) is 13.3. The number of benzene rings is 1. The largest absolute Gasteiger partial charge is 0.411 e. The molecule has 0 aliphatic carbocycles. The number of thiophene rings is 1. The van der Waals surface area contributed by atoms with Crippen molar-refractivity contribution in [1.29, 1.82) is 0 Å². The molecule has 1 unspecified atom stereocenters. The second-order valence-electron chi connectivity index (χ2n) is 6.49. The van der Waals surface area contributed by atoms with Crippen molar-refractivity contribution in [2.75, 3.05) is 6.61 Å². The molecule has 0 bridgehead atoms. The summed E-state index contributed by atoms with van der Waals surface area (Å²) in [5.74, 6) is 0.255. The number of carbonyl (C=O) groups excluding carboxylic acids is 1. The molecule has 4 nitrogen and oxygen atoms in total. The summed E-state index contributed by atoms with van der Waals surface area (Å²) >= 11 is 1.60. The van der Waals surface area contributed by atoms with E-state index in [0.29, 0.717) is 12.1 Å². The van der Waals surface area contributed by atoms with Gasteiger partial charge in [0.25, 0.3) is 0 Å². The summed E-state index contributed by atoms with van der Waals surface area (Å²) in [6, 6.07) is 10.5. The molecule has 8 heteroatoms. The van der Waals surface area contributed by atoms with Crippen LogP contribution in [-0.2, 0) is 17.9 Å². The number of urea groups is 1. The molecule has 0 saturated carbocycles. The summed E-state index contributed by atoms with van der Waals surface area (Å²) in [6.07, 6.45) is -4.33. The molecule has 0 fully saturated rings. The van der Waals surface area contributed by atoms with Gasteiger partial charge in [-0.05, 0) is 28.5 Å². The van der Waals surface area contributed by atoms with Crippen LogP contribution >= 0.6 is 11.3 Å². The van der Waals surface area contributed by atoms with E-state index in [4.69, 9.17) is 0 Å². The third-order valence-electron chi connectivity index (χ3n) is 3.81. The van der Waals surface area contributed by atoms with Crippen molar-refractivity contribution in [3.63, 3.8) is 0 Å². The molecule has 0 saturated heterocycles. The van der Waals surface area contributed by atoms with Gasteiger partial charge in [-0.3, -0.25) is 0 Å². The van der Waals surface area contributed by atoms with Crippen molar-refractivity contribution >= 4 is 17.4 Å². The first-order chi connectivity index (χ1) is 12.7. The summed E-state index contributed by atoms with van der Waals surface area (Å²) < 4.78 is 40.8. The van der Waals surface area contributed by atoms with Crippen molar-refractivity contribution in [3.8, 4) is 0 Å². The quantitative estimate of drug-likeness (QED) is 0.653. The first-order valence-corrected chi connectivity index (χ1v) is 9.42. The van der Waals surface area contributed by atoms with Crippen LogP contribution in [0.5, 0.6) is 0 Å². The van der Waals surface area contributed by atoms with Crippen LogP contribution in [0.4, 0.5) is 18.0 Å². The number of hydrogen-bond donors (Lipinski definition) is 2. The highest BCUT2D eigenvalue weighted by Crippen LogP contribution is 2.25. The Bertz CT molecular complexity index is 701. The third kappa shape index (κ3) is 7.60. The standard InChI is InChI=1S/C19H23F3N2O2S/c1-13(2)17(16-4-3-9-27-16)24-18(25)23-10-14-5-7-15(8-6-14)11-26-12-19(20,21)22/h3-9,13,17H,10-12H2,1-2H3,(H2,23,24,25). The van der Waals surface area contributed by atoms with Gasteiger partial charge in [0, 0.05) is 11.4 Å². The fourth-order valence-electron chi connectivity index (χ4n) is 2.45. The van der Waals surface area contributed by atoms with E-state index in [-0.39, 0.29) is 24.6 Å². The predicted octanol–water partition coefficient (Wildman–Crippen LogP) is 5.02. The van der Waals surface area contributed by atoms with Gasteiger partial charge < -0.3 is 15.4 Å². The number of carbonyl (C=O) groups is 1. The number of amides is 2. The van der Waals surface area contributed by atoms with E-state index >= 15 is 0 Å². The Hall–Kier alpha value is -2.06. The number of halogens is 3. The minimum Gasteiger partial charge on any atom is -0.367 e. The van der Waals surface area contributed by atoms with E-state index < -0.39 is 12.8 Å². The highest BCUT2D eigenvalue weighted by atomic mass is 32.1. The lowest BCUT2D eigenvalue weighted by molar-refractivity contribution is -0.176. The fraction of sp³-hybridized carbons (Fsp3) is 0.421. The van der Waals surface area contributed by atoms with Gasteiger partial charge in [-0.15, -0.1) is 11.3 Å². The van der Waals surface area contributed by atoms with E-state index in [9.17, 15) is 18.0 Å². The van der Waals surface area contributed by atoms with Gasteiger partial charge in [0.05, 0.1) is 12.6 Å². The van der Waals surface area contributed by atoms with Crippen LogP contribution in [0.25, 0.3) is 0 Å². The molecule has 2 aromatic rings. The van der Waals surface area contributed by atoms with Gasteiger partial charge in [-0.1, -0.05) is 44.2 Å². The van der Waals surface area contributed by atoms with Crippen LogP contribution in [-0.4, -0.2) is 18.8 Å². The molecule has 0 aliphatic rings. The van der Waals surface area contributed by atoms with Gasteiger partial charge in [-0.2, -0.15) is 13.2 Å². The summed E-state index contributed by atoms with van der Waals surface area (Å²) in [7, 11) is 0. The van der Waals surface area contributed by atoms with Gasteiger partial charge in [0.2, 0.25) is 0 Å². The van der Waals surface area contributed by atoms with Gasteiger partial charge in [0.15, 0.2) is 0 Å². The molecule has 1 atom stereocenters. The van der Waals surface area contributed by atoms with Gasteiger partial charge in [0.1, 0.15) is 6.61 Å². The minimum absolute atomic E-state index is 0.0573. The van der Waals surface area contributed by atoms with Crippen LogP contribution in [0, 0.1) is 5.92 Å². The highest BCUT2D eigenvalue weighted by Gasteiger charge is 2.27. The van der Waals surface area contributed by atoms with Crippen LogP contribution in [0.15, 0.2) is 41.8 Å². The van der Waals surface area contributed by atoms with Crippen molar-refractivity contribution in [2.24, 2.45) is 5.92 Å². The van der Waals surface area contributed by atoms with Crippen LogP contribution in [0.3, 0.4) is 0 Å². The van der Waals surface area contributed by atoms with Gasteiger partial charge in [-0.25, -0.2) is 4.79 Å². The monoisotopic (exact) mass is 400 g/mol. The number of hydrogen-bond acceptors (Lipinski definition) is 3. The van der Waals surface area contributed by atoms with E-state index in [2.05, 4.69) is 15.4 Å².